The number of nitrogens with zero attached hydrogens (tertiary/aromatic N) is 2. The predicted octanol–water partition coefficient (Wildman–Crippen LogP) is 1.73. The molecule has 0 aliphatic rings. The lowest BCUT2D eigenvalue weighted by Gasteiger charge is -2.09. The van der Waals surface area contributed by atoms with Gasteiger partial charge in [0.1, 0.15) is 5.82 Å². The Bertz CT molecular complexity index is 707. The largest absolute Gasteiger partial charge is 0.383 e. The Balaban J connectivity index is 2.83. The summed E-state index contributed by atoms with van der Waals surface area (Å²) in [5.41, 5.74) is 6.78. The lowest BCUT2D eigenvalue weighted by atomic mass is 10.1. The van der Waals surface area contributed by atoms with E-state index in [1.54, 1.807) is 19.2 Å². The number of sulfone groups is 1. The molecule has 0 atom stereocenters. The molecule has 0 spiro atoms. The molecule has 5 nitrogen and oxygen atoms in total. The summed E-state index contributed by atoms with van der Waals surface area (Å²) in [6, 6.07) is 4.72. The first-order valence-electron chi connectivity index (χ1n) is 5.09. The highest BCUT2D eigenvalue weighted by molar-refractivity contribution is 7.90. The fourth-order valence-electron chi connectivity index (χ4n) is 1.71. The molecule has 1 heterocycles. The van der Waals surface area contributed by atoms with E-state index in [4.69, 9.17) is 17.3 Å². The molecular weight excluding hydrogens is 274 g/mol. The molecule has 0 aliphatic carbocycles. The lowest BCUT2D eigenvalue weighted by Crippen LogP contribution is -2.02. The first-order valence-corrected chi connectivity index (χ1v) is 7.35. The van der Waals surface area contributed by atoms with Gasteiger partial charge < -0.3 is 5.73 Å². The van der Waals surface area contributed by atoms with E-state index < -0.39 is 9.84 Å². The van der Waals surface area contributed by atoms with Crippen molar-refractivity contribution < 1.29 is 8.42 Å². The van der Waals surface area contributed by atoms with Crippen molar-refractivity contribution in [2.24, 2.45) is 7.05 Å². The van der Waals surface area contributed by atoms with E-state index >= 15 is 0 Å². The van der Waals surface area contributed by atoms with Gasteiger partial charge in [-0.1, -0.05) is 17.7 Å². The van der Waals surface area contributed by atoms with Crippen molar-refractivity contribution in [3.05, 3.63) is 29.4 Å². The fourth-order valence-corrected chi connectivity index (χ4v) is 2.96. The monoisotopic (exact) mass is 285 g/mol. The van der Waals surface area contributed by atoms with Gasteiger partial charge in [0.25, 0.3) is 0 Å². The van der Waals surface area contributed by atoms with Gasteiger partial charge in [0.2, 0.25) is 0 Å². The van der Waals surface area contributed by atoms with Gasteiger partial charge >= 0.3 is 0 Å². The summed E-state index contributed by atoms with van der Waals surface area (Å²) in [5.74, 6) is 0.369. The Hall–Kier alpha value is -1.53. The van der Waals surface area contributed by atoms with E-state index in [-0.39, 0.29) is 4.90 Å². The highest BCUT2D eigenvalue weighted by atomic mass is 35.5. The quantitative estimate of drug-likeness (QED) is 0.911. The maximum Gasteiger partial charge on any atom is 0.176 e. The SMILES string of the molecule is Cn1ncc(-c2c(Cl)cccc2S(C)(=O)=O)c1N. The van der Waals surface area contributed by atoms with Crippen LogP contribution in [0.3, 0.4) is 0 Å². The van der Waals surface area contributed by atoms with Gasteiger partial charge in [0, 0.05) is 29.5 Å². The van der Waals surface area contributed by atoms with Gasteiger partial charge in [-0.15, -0.1) is 0 Å². The highest BCUT2D eigenvalue weighted by Crippen LogP contribution is 2.36. The minimum Gasteiger partial charge on any atom is -0.383 e. The number of rotatable bonds is 2. The minimum atomic E-state index is -3.39. The summed E-state index contributed by atoms with van der Waals surface area (Å²) < 4.78 is 25.0. The summed E-state index contributed by atoms with van der Waals surface area (Å²) in [7, 11) is -1.71. The lowest BCUT2D eigenvalue weighted by molar-refractivity contribution is 0.602. The van der Waals surface area contributed by atoms with Crippen LogP contribution in [0.25, 0.3) is 11.1 Å². The van der Waals surface area contributed by atoms with Crippen molar-refractivity contribution in [1.82, 2.24) is 9.78 Å². The Morgan fingerprint density at radius 3 is 2.56 bits per heavy atom. The molecular formula is C11H12ClN3O2S. The summed E-state index contributed by atoms with van der Waals surface area (Å²) in [4.78, 5) is 0.148. The van der Waals surface area contributed by atoms with Crippen molar-refractivity contribution in [2.45, 2.75) is 4.90 Å². The van der Waals surface area contributed by atoms with Crippen molar-refractivity contribution >= 4 is 27.3 Å². The number of anilines is 1. The molecule has 2 N–H and O–H groups in total. The van der Waals surface area contributed by atoms with Crippen molar-refractivity contribution in [3.63, 3.8) is 0 Å². The van der Waals surface area contributed by atoms with Crippen LogP contribution in [0.4, 0.5) is 5.82 Å². The van der Waals surface area contributed by atoms with Gasteiger partial charge in [-0.25, -0.2) is 8.42 Å². The molecule has 1 aromatic carbocycles. The number of benzene rings is 1. The van der Waals surface area contributed by atoms with Crippen molar-refractivity contribution in [2.75, 3.05) is 12.0 Å². The molecule has 2 aromatic rings. The zero-order valence-corrected chi connectivity index (χ0v) is 11.5. The molecule has 0 radical (unpaired) electrons. The topological polar surface area (TPSA) is 78.0 Å². The van der Waals surface area contributed by atoms with Crippen LogP contribution in [0.15, 0.2) is 29.3 Å². The van der Waals surface area contributed by atoms with Crippen LogP contribution in [0.5, 0.6) is 0 Å². The molecule has 0 bridgehead atoms. The van der Waals surface area contributed by atoms with Crippen LogP contribution in [0.2, 0.25) is 5.02 Å². The minimum absolute atomic E-state index is 0.148. The van der Waals surface area contributed by atoms with E-state index in [1.807, 2.05) is 0 Å². The maximum atomic E-state index is 11.8. The molecule has 7 heteroatoms. The molecule has 0 fully saturated rings. The van der Waals surface area contributed by atoms with Gasteiger partial charge in [-0.05, 0) is 12.1 Å². The van der Waals surface area contributed by atoms with E-state index in [0.717, 1.165) is 6.26 Å². The molecule has 0 saturated carbocycles. The zero-order valence-electron chi connectivity index (χ0n) is 9.88. The van der Waals surface area contributed by atoms with E-state index in [2.05, 4.69) is 5.10 Å². The van der Waals surface area contributed by atoms with Gasteiger partial charge in [-0.2, -0.15) is 5.10 Å². The number of aryl methyl sites for hydroxylation is 1. The number of nitrogens with two attached hydrogens (primary N) is 1. The van der Waals surface area contributed by atoms with Crippen LogP contribution in [-0.2, 0) is 16.9 Å². The third-order valence-electron chi connectivity index (χ3n) is 2.63. The number of hydrogen-bond donors (Lipinski definition) is 1. The average Bonchev–Trinajstić information content (AvgIpc) is 2.59. The van der Waals surface area contributed by atoms with Crippen LogP contribution in [0, 0.1) is 0 Å². The Kier molecular flexibility index (Phi) is 3.08. The predicted molar refractivity (Wildman–Crippen MR) is 71.2 cm³/mol. The van der Waals surface area contributed by atoms with E-state index in [0.29, 0.717) is 22.0 Å². The molecule has 2 rings (SSSR count). The van der Waals surface area contributed by atoms with Crippen LogP contribution >= 0.6 is 11.6 Å². The van der Waals surface area contributed by atoms with Gasteiger partial charge in [0.15, 0.2) is 9.84 Å². The smallest absolute Gasteiger partial charge is 0.176 e. The standard InChI is InChI=1S/C11H12ClN3O2S/c1-15-11(13)7(6-14-15)10-8(12)4-3-5-9(10)18(2,16)17/h3-6H,13H2,1-2H3. The van der Waals surface area contributed by atoms with Crippen molar-refractivity contribution in [1.29, 1.82) is 0 Å². The number of aromatic nitrogens is 2. The Labute approximate surface area is 110 Å². The second-order valence-corrected chi connectivity index (χ2v) is 6.34. The van der Waals surface area contributed by atoms with Crippen LogP contribution in [0.1, 0.15) is 0 Å². The van der Waals surface area contributed by atoms with Crippen molar-refractivity contribution in [3.8, 4) is 11.1 Å². The first-order chi connectivity index (χ1) is 8.32. The molecule has 0 aliphatic heterocycles. The fraction of sp³-hybridized carbons (Fsp3) is 0.182. The summed E-state index contributed by atoms with van der Waals surface area (Å²) in [6.07, 6.45) is 2.64. The Morgan fingerprint density at radius 1 is 1.39 bits per heavy atom. The second-order valence-electron chi connectivity index (χ2n) is 3.95. The van der Waals surface area contributed by atoms with Crippen LogP contribution in [-0.4, -0.2) is 24.5 Å². The zero-order chi connectivity index (χ0) is 13.5. The normalized spacial score (nSPS) is 11.7. The van der Waals surface area contributed by atoms with E-state index in [9.17, 15) is 8.42 Å². The number of hydrogen-bond acceptors (Lipinski definition) is 4. The highest BCUT2D eigenvalue weighted by Gasteiger charge is 2.20. The summed E-state index contributed by atoms with van der Waals surface area (Å²) in [5, 5.41) is 4.33. The second kappa shape index (κ2) is 4.29. The van der Waals surface area contributed by atoms with E-state index in [1.165, 1.54) is 16.9 Å². The Morgan fingerprint density at radius 2 is 2.06 bits per heavy atom. The number of nitrogen functional groups attached to an aromatic ring is 1. The number of halogens is 1. The first kappa shape index (κ1) is 12.9. The molecule has 1 aromatic heterocycles. The third kappa shape index (κ3) is 2.09. The van der Waals surface area contributed by atoms with Gasteiger partial charge in [-0.3, -0.25) is 4.68 Å². The van der Waals surface area contributed by atoms with Gasteiger partial charge in [0.05, 0.1) is 11.1 Å². The summed E-state index contributed by atoms with van der Waals surface area (Å²) >= 11 is 6.09. The summed E-state index contributed by atoms with van der Waals surface area (Å²) in [6.45, 7) is 0. The molecule has 0 saturated heterocycles. The molecule has 18 heavy (non-hydrogen) atoms. The average molecular weight is 286 g/mol. The molecule has 96 valence electrons. The molecule has 0 unspecified atom stereocenters. The molecule has 0 amide bonds. The third-order valence-corrected chi connectivity index (χ3v) is 4.08. The van der Waals surface area contributed by atoms with Crippen LogP contribution < -0.4 is 5.73 Å². The maximum absolute atomic E-state index is 11.8.